The molecule has 0 aromatic carbocycles. The Morgan fingerprint density at radius 2 is 1.83 bits per heavy atom. The summed E-state index contributed by atoms with van der Waals surface area (Å²) < 4.78 is 5.40. The lowest BCUT2D eigenvalue weighted by Crippen LogP contribution is -2.17. The first-order valence-electron chi connectivity index (χ1n) is 4.62. The van der Waals surface area contributed by atoms with Crippen molar-refractivity contribution in [3.8, 4) is 0 Å². The molecule has 0 bridgehead atoms. The van der Waals surface area contributed by atoms with E-state index in [1.165, 1.54) is 25.7 Å². The summed E-state index contributed by atoms with van der Waals surface area (Å²) in [7, 11) is 0. The molecule has 0 aliphatic rings. The molecule has 0 N–H and O–H groups in total. The molecule has 0 aromatic heterocycles. The lowest BCUT2D eigenvalue weighted by molar-refractivity contribution is 0.127. The first kappa shape index (κ1) is 12.9. The molecule has 3 heteroatoms. The van der Waals surface area contributed by atoms with Crippen LogP contribution in [0.4, 0.5) is 0 Å². The second-order valence-electron chi connectivity index (χ2n) is 2.82. The highest BCUT2D eigenvalue weighted by Crippen LogP contribution is 2.21. The highest BCUT2D eigenvalue weighted by molar-refractivity contribution is 9.12. The highest BCUT2D eigenvalue weighted by atomic mass is 79.9. The molecule has 2 atom stereocenters. The quantitative estimate of drug-likeness (QED) is 0.508. The third kappa shape index (κ3) is 6.44. The van der Waals surface area contributed by atoms with E-state index in [0.717, 1.165) is 6.61 Å². The summed E-state index contributed by atoms with van der Waals surface area (Å²) in [6.07, 6.45) is 5.06. The van der Waals surface area contributed by atoms with Gasteiger partial charge in [-0.25, -0.2) is 0 Å². The predicted molar refractivity (Wildman–Crippen MR) is 61.2 cm³/mol. The van der Waals surface area contributed by atoms with Gasteiger partial charge in [-0.3, -0.25) is 0 Å². The van der Waals surface area contributed by atoms with Gasteiger partial charge in [-0.05, 0) is 13.3 Å². The van der Waals surface area contributed by atoms with Crippen molar-refractivity contribution < 1.29 is 4.74 Å². The third-order valence-corrected chi connectivity index (χ3v) is 4.24. The van der Waals surface area contributed by atoms with Gasteiger partial charge in [0.15, 0.2) is 0 Å². The Labute approximate surface area is 92.5 Å². The lowest BCUT2D eigenvalue weighted by atomic mass is 10.2. The van der Waals surface area contributed by atoms with E-state index in [0.29, 0.717) is 4.83 Å². The maximum Gasteiger partial charge on any atom is 0.124 e. The highest BCUT2D eigenvalue weighted by Gasteiger charge is 2.14. The largest absolute Gasteiger partial charge is 0.366 e. The van der Waals surface area contributed by atoms with Crippen LogP contribution >= 0.6 is 31.9 Å². The first-order valence-corrected chi connectivity index (χ1v) is 6.45. The van der Waals surface area contributed by atoms with Gasteiger partial charge in [0.2, 0.25) is 0 Å². The molecule has 0 aliphatic heterocycles. The Kier molecular flexibility index (Phi) is 9.17. The van der Waals surface area contributed by atoms with Crippen LogP contribution in [0.15, 0.2) is 0 Å². The van der Waals surface area contributed by atoms with Crippen molar-refractivity contribution in [3.63, 3.8) is 0 Å². The molecule has 0 heterocycles. The van der Waals surface area contributed by atoms with Gasteiger partial charge in [-0.1, -0.05) is 58.0 Å². The zero-order valence-electron chi connectivity index (χ0n) is 7.85. The monoisotopic (exact) mass is 300 g/mol. The summed E-state index contributed by atoms with van der Waals surface area (Å²) >= 11 is 7.09. The van der Waals surface area contributed by atoms with Crippen LogP contribution in [0, 0.1) is 0 Å². The topological polar surface area (TPSA) is 9.23 Å². The maximum atomic E-state index is 5.40. The van der Waals surface area contributed by atoms with E-state index in [9.17, 15) is 0 Å². The van der Waals surface area contributed by atoms with Crippen LogP contribution in [0.3, 0.4) is 0 Å². The number of ether oxygens (including phenoxy) is 1. The van der Waals surface area contributed by atoms with E-state index in [-0.39, 0.29) is 5.01 Å². The molecule has 0 amide bonds. The summed E-state index contributed by atoms with van der Waals surface area (Å²) in [4.78, 5) is 0.448. The van der Waals surface area contributed by atoms with E-state index < -0.39 is 0 Å². The molecule has 0 aromatic rings. The van der Waals surface area contributed by atoms with Gasteiger partial charge in [0.05, 0.1) is 4.83 Å². The van der Waals surface area contributed by atoms with Gasteiger partial charge in [0.1, 0.15) is 5.01 Å². The van der Waals surface area contributed by atoms with Crippen LogP contribution < -0.4 is 0 Å². The Hall–Kier alpha value is 0.920. The summed E-state index contributed by atoms with van der Waals surface area (Å²) in [6, 6.07) is 0. The molecule has 0 radical (unpaired) electrons. The molecular formula is C9H18Br2O. The smallest absolute Gasteiger partial charge is 0.124 e. The standard InChI is InChI=1S/C9H18Br2O/c1-3-5-6-7-8(10)9(11)12-4-2/h8-9H,3-7H2,1-2H3. The minimum Gasteiger partial charge on any atom is -0.366 e. The number of rotatable bonds is 7. The molecule has 0 spiro atoms. The number of hydrogen-bond acceptors (Lipinski definition) is 1. The molecule has 0 fully saturated rings. The van der Waals surface area contributed by atoms with Crippen LogP contribution in [-0.4, -0.2) is 16.4 Å². The third-order valence-electron chi connectivity index (χ3n) is 1.69. The average molecular weight is 302 g/mol. The molecule has 2 unspecified atom stereocenters. The Balaban J connectivity index is 3.35. The maximum absolute atomic E-state index is 5.40. The van der Waals surface area contributed by atoms with Crippen LogP contribution in [-0.2, 0) is 4.74 Å². The van der Waals surface area contributed by atoms with Crippen molar-refractivity contribution >= 4 is 31.9 Å². The fourth-order valence-corrected chi connectivity index (χ4v) is 1.99. The first-order chi connectivity index (χ1) is 5.72. The molecule has 0 saturated carbocycles. The van der Waals surface area contributed by atoms with Gasteiger partial charge in [-0.2, -0.15) is 0 Å². The Morgan fingerprint density at radius 3 is 2.33 bits per heavy atom. The Morgan fingerprint density at radius 1 is 1.17 bits per heavy atom. The van der Waals surface area contributed by atoms with Crippen LogP contribution in [0.2, 0.25) is 0 Å². The average Bonchev–Trinajstić information content (AvgIpc) is 2.05. The van der Waals surface area contributed by atoms with Crippen molar-refractivity contribution in [3.05, 3.63) is 0 Å². The predicted octanol–water partition coefficient (Wildman–Crippen LogP) is 4.09. The summed E-state index contributed by atoms with van der Waals surface area (Å²) in [5, 5.41) is 0.166. The van der Waals surface area contributed by atoms with Crippen molar-refractivity contribution in [1.82, 2.24) is 0 Å². The molecule has 0 aliphatic carbocycles. The SMILES string of the molecule is CCCCCC(Br)C(Br)OCC. The Bertz CT molecular complexity index is 98.5. The van der Waals surface area contributed by atoms with E-state index in [4.69, 9.17) is 4.74 Å². The molecular weight excluding hydrogens is 284 g/mol. The zero-order chi connectivity index (χ0) is 9.40. The van der Waals surface area contributed by atoms with Gasteiger partial charge in [0, 0.05) is 6.61 Å². The van der Waals surface area contributed by atoms with Crippen LogP contribution in [0.1, 0.15) is 39.5 Å². The second-order valence-corrected chi connectivity index (χ2v) is 4.90. The molecule has 12 heavy (non-hydrogen) atoms. The molecule has 74 valence electrons. The number of hydrogen-bond donors (Lipinski definition) is 0. The normalized spacial score (nSPS) is 16.0. The number of halogens is 2. The number of unbranched alkanes of at least 4 members (excludes halogenated alkanes) is 2. The zero-order valence-corrected chi connectivity index (χ0v) is 11.0. The van der Waals surface area contributed by atoms with Gasteiger partial charge in [0.25, 0.3) is 0 Å². The molecule has 0 saturated heterocycles. The number of alkyl halides is 2. The van der Waals surface area contributed by atoms with Gasteiger partial charge in [-0.15, -0.1) is 0 Å². The van der Waals surface area contributed by atoms with Crippen molar-refractivity contribution in [2.24, 2.45) is 0 Å². The van der Waals surface area contributed by atoms with Gasteiger partial charge >= 0.3 is 0 Å². The van der Waals surface area contributed by atoms with E-state index in [1.54, 1.807) is 0 Å². The van der Waals surface area contributed by atoms with E-state index >= 15 is 0 Å². The second kappa shape index (κ2) is 8.52. The minimum atomic E-state index is 0.166. The fraction of sp³-hybridized carbons (Fsp3) is 1.00. The summed E-state index contributed by atoms with van der Waals surface area (Å²) in [5.41, 5.74) is 0. The van der Waals surface area contributed by atoms with E-state index in [2.05, 4.69) is 38.8 Å². The van der Waals surface area contributed by atoms with E-state index in [1.807, 2.05) is 6.92 Å². The molecule has 0 rings (SSSR count). The summed E-state index contributed by atoms with van der Waals surface area (Å²) in [5.74, 6) is 0. The van der Waals surface area contributed by atoms with Crippen molar-refractivity contribution in [2.45, 2.75) is 49.4 Å². The molecule has 1 nitrogen and oxygen atoms in total. The summed E-state index contributed by atoms with van der Waals surface area (Å²) in [6.45, 7) is 5.00. The van der Waals surface area contributed by atoms with Crippen molar-refractivity contribution in [1.29, 1.82) is 0 Å². The van der Waals surface area contributed by atoms with Gasteiger partial charge < -0.3 is 4.74 Å². The van der Waals surface area contributed by atoms with Crippen LogP contribution in [0.5, 0.6) is 0 Å². The fourth-order valence-electron chi connectivity index (χ4n) is 0.984. The van der Waals surface area contributed by atoms with Crippen molar-refractivity contribution in [2.75, 3.05) is 6.61 Å². The lowest BCUT2D eigenvalue weighted by Gasteiger charge is -2.16. The van der Waals surface area contributed by atoms with Crippen LogP contribution in [0.25, 0.3) is 0 Å². The minimum absolute atomic E-state index is 0.166.